The number of amides is 1. The smallest absolute Gasteiger partial charge is 0.225 e. The van der Waals surface area contributed by atoms with Crippen LogP contribution in [0.2, 0.25) is 0 Å². The first-order valence-corrected chi connectivity index (χ1v) is 6.23. The normalized spacial score (nSPS) is 33.3. The van der Waals surface area contributed by atoms with Crippen molar-refractivity contribution in [2.75, 3.05) is 13.1 Å². The molecule has 3 nitrogen and oxygen atoms in total. The van der Waals surface area contributed by atoms with E-state index in [4.69, 9.17) is 5.73 Å². The molecular formula is C12H22N2O. The molecule has 2 unspecified atom stereocenters. The lowest BCUT2D eigenvalue weighted by atomic mass is 9.93. The Morgan fingerprint density at radius 3 is 2.53 bits per heavy atom. The lowest BCUT2D eigenvalue weighted by Gasteiger charge is -2.36. The number of nitrogens with zero attached hydrogens (tertiary/aromatic N) is 1. The Morgan fingerprint density at radius 2 is 1.93 bits per heavy atom. The zero-order chi connectivity index (χ0) is 10.8. The Balaban J connectivity index is 1.90. The van der Waals surface area contributed by atoms with Crippen LogP contribution < -0.4 is 5.73 Å². The minimum atomic E-state index is 0.289. The number of nitrogens with two attached hydrogens (primary N) is 1. The van der Waals surface area contributed by atoms with Crippen LogP contribution in [-0.4, -0.2) is 29.9 Å². The maximum Gasteiger partial charge on any atom is 0.225 e. The van der Waals surface area contributed by atoms with Crippen LogP contribution in [0.1, 0.15) is 39.0 Å². The van der Waals surface area contributed by atoms with Crippen LogP contribution in [0.5, 0.6) is 0 Å². The summed E-state index contributed by atoms with van der Waals surface area (Å²) >= 11 is 0. The Hall–Kier alpha value is -0.570. The van der Waals surface area contributed by atoms with Crippen LogP contribution in [0.3, 0.4) is 0 Å². The van der Waals surface area contributed by atoms with Crippen LogP contribution in [0, 0.1) is 11.8 Å². The molecule has 1 heterocycles. The number of hydrogen-bond acceptors (Lipinski definition) is 2. The van der Waals surface area contributed by atoms with Gasteiger partial charge >= 0.3 is 0 Å². The van der Waals surface area contributed by atoms with Crippen LogP contribution in [0.4, 0.5) is 0 Å². The molecule has 2 aliphatic rings. The number of piperidine rings is 1. The highest BCUT2D eigenvalue weighted by atomic mass is 16.2. The van der Waals surface area contributed by atoms with Crippen molar-refractivity contribution in [2.24, 2.45) is 17.6 Å². The largest absolute Gasteiger partial charge is 0.342 e. The molecule has 0 aromatic carbocycles. The molecule has 1 amide bonds. The first-order chi connectivity index (χ1) is 7.18. The fourth-order valence-electron chi connectivity index (χ4n) is 2.79. The Bertz CT molecular complexity index is 236. The van der Waals surface area contributed by atoms with E-state index >= 15 is 0 Å². The zero-order valence-electron chi connectivity index (χ0n) is 9.61. The number of carbonyl (C=O) groups excluding carboxylic acids is 1. The summed E-state index contributed by atoms with van der Waals surface area (Å²) < 4.78 is 0. The highest BCUT2D eigenvalue weighted by Gasteiger charge is 2.31. The van der Waals surface area contributed by atoms with Crippen molar-refractivity contribution in [3.05, 3.63) is 0 Å². The van der Waals surface area contributed by atoms with Gasteiger partial charge in [-0.15, -0.1) is 0 Å². The van der Waals surface area contributed by atoms with E-state index in [-0.39, 0.29) is 6.04 Å². The summed E-state index contributed by atoms with van der Waals surface area (Å²) in [5, 5.41) is 0. The molecule has 1 saturated heterocycles. The lowest BCUT2D eigenvalue weighted by Crippen LogP contribution is -2.49. The Morgan fingerprint density at radius 1 is 1.27 bits per heavy atom. The topological polar surface area (TPSA) is 46.3 Å². The first-order valence-electron chi connectivity index (χ1n) is 6.23. The van der Waals surface area contributed by atoms with Gasteiger partial charge in [0.1, 0.15) is 0 Å². The van der Waals surface area contributed by atoms with Crippen LogP contribution in [0.25, 0.3) is 0 Å². The fraction of sp³-hybridized carbons (Fsp3) is 0.917. The van der Waals surface area contributed by atoms with Gasteiger partial charge < -0.3 is 10.6 Å². The van der Waals surface area contributed by atoms with Crippen molar-refractivity contribution < 1.29 is 4.79 Å². The second-order valence-electron chi connectivity index (χ2n) is 5.20. The molecule has 1 aliphatic carbocycles. The molecule has 2 atom stereocenters. The van der Waals surface area contributed by atoms with E-state index < -0.39 is 0 Å². The van der Waals surface area contributed by atoms with E-state index in [0.717, 1.165) is 32.4 Å². The second-order valence-corrected chi connectivity index (χ2v) is 5.20. The molecule has 2 rings (SSSR count). The van der Waals surface area contributed by atoms with Crippen molar-refractivity contribution >= 4 is 5.91 Å². The molecule has 0 bridgehead atoms. The van der Waals surface area contributed by atoms with Gasteiger partial charge in [-0.1, -0.05) is 19.8 Å². The van der Waals surface area contributed by atoms with Gasteiger partial charge in [0.05, 0.1) is 0 Å². The summed E-state index contributed by atoms with van der Waals surface area (Å²) in [5.41, 5.74) is 5.96. The number of hydrogen-bond donors (Lipinski definition) is 1. The molecule has 0 radical (unpaired) electrons. The highest BCUT2D eigenvalue weighted by molar-refractivity contribution is 5.79. The molecule has 15 heavy (non-hydrogen) atoms. The average molecular weight is 210 g/mol. The maximum absolute atomic E-state index is 12.1. The maximum atomic E-state index is 12.1. The van der Waals surface area contributed by atoms with Crippen LogP contribution in [-0.2, 0) is 4.79 Å². The summed E-state index contributed by atoms with van der Waals surface area (Å²) in [7, 11) is 0. The van der Waals surface area contributed by atoms with E-state index in [2.05, 4.69) is 6.92 Å². The molecule has 1 saturated carbocycles. The third kappa shape index (κ3) is 2.33. The van der Waals surface area contributed by atoms with Crippen molar-refractivity contribution in [1.29, 1.82) is 0 Å². The van der Waals surface area contributed by atoms with Gasteiger partial charge in [-0.3, -0.25) is 4.79 Å². The summed E-state index contributed by atoms with van der Waals surface area (Å²) in [6.45, 7) is 3.90. The monoisotopic (exact) mass is 210 g/mol. The Labute approximate surface area is 92.0 Å². The van der Waals surface area contributed by atoms with Gasteiger partial charge in [-0.2, -0.15) is 0 Å². The highest BCUT2D eigenvalue weighted by Crippen LogP contribution is 2.28. The Kier molecular flexibility index (Phi) is 3.29. The average Bonchev–Trinajstić information content (AvgIpc) is 2.74. The quantitative estimate of drug-likeness (QED) is 0.710. The molecule has 2 N–H and O–H groups in total. The van der Waals surface area contributed by atoms with E-state index in [1.54, 1.807) is 0 Å². The van der Waals surface area contributed by atoms with E-state index in [9.17, 15) is 4.79 Å². The van der Waals surface area contributed by atoms with Crippen LogP contribution >= 0.6 is 0 Å². The molecule has 0 aromatic heterocycles. The standard InChI is InChI=1S/C12H22N2O/c1-9-8-14(7-6-11(9)13)12(15)10-4-2-3-5-10/h9-11H,2-8,13H2,1H3. The van der Waals surface area contributed by atoms with E-state index in [1.807, 2.05) is 4.90 Å². The molecule has 86 valence electrons. The van der Waals surface area contributed by atoms with Crippen molar-refractivity contribution in [3.63, 3.8) is 0 Å². The third-order valence-corrected chi connectivity index (χ3v) is 3.99. The summed E-state index contributed by atoms with van der Waals surface area (Å²) in [6.07, 6.45) is 5.66. The SMILES string of the molecule is CC1CN(C(=O)C2CCCC2)CCC1N. The number of rotatable bonds is 1. The zero-order valence-corrected chi connectivity index (χ0v) is 9.61. The number of carbonyl (C=O) groups is 1. The van der Waals surface area contributed by atoms with Crippen molar-refractivity contribution in [3.8, 4) is 0 Å². The summed E-state index contributed by atoms with van der Waals surface area (Å²) in [4.78, 5) is 14.2. The van der Waals surface area contributed by atoms with Crippen LogP contribution in [0.15, 0.2) is 0 Å². The first kappa shape index (κ1) is 10.9. The molecule has 1 aliphatic heterocycles. The minimum absolute atomic E-state index is 0.289. The van der Waals surface area contributed by atoms with Crippen molar-refractivity contribution in [2.45, 2.75) is 45.1 Å². The van der Waals surface area contributed by atoms with Gasteiger partial charge in [-0.05, 0) is 25.2 Å². The predicted octanol–water partition coefficient (Wildman–Crippen LogP) is 1.37. The molecule has 2 fully saturated rings. The molecule has 0 aromatic rings. The van der Waals surface area contributed by atoms with E-state index in [1.165, 1.54) is 12.8 Å². The van der Waals surface area contributed by atoms with Gasteiger partial charge in [-0.25, -0.2) is 0 Å². The van der Waals surface area contributed by atoms with Gasteiger partial charge in [0.25, 0.3) is 0 Å². The fourth-order valence-corrected chi connectivity index (χ4v) is 2.79. The third-order valence-electron chi connectivity index (χ3n) is 3.99. The van der Waals surface area contributed by atoms with Gasteiger partial charge in [0, 0.05) is 25.0 Å². The lowest BCUT2D eigenvalue weighted by molar-refractivity contribution is -0.137. The minimum Gasteiger partial charge on any atom is -0.342 e. The summed E-state index contributed by atoms with van der Waals surface area (Å²) in [5.74, 6) is 1.18. The van der Waals surface area contributed by atoms with Crippen molar-refractivity contribution in [1.82, 2.24) is 4.90 Å². The van der Waals surface area contributed by atoms with Gasteiger partial charge in [0.2, 0.25) is 5.91 Å². The van der Waals surface area contributed by atoms with Gasteiger partial charge in [0.15, 0.2) is 0 Å². The second kappa shape index (κ2) is 4.52. The van der Waals surface area contributed by atoms with E-state index in [0.29, 0.717) is 17.7 Å². The summed E-state index contributed by atoms with van der Waals surface area (Å²) in [6, 6.07) is 0.289. The number of likely N-dealkylation sites (tertiary alicyclic amines) is 1. The molecule has 3 heteroatoms. The molecular weight excluding hydrogens is 188 g/mol. The molecule has 0 spiro atoms. The predicted molar refractivity (Wildman–Crippen MR) is 60.3 cm³/mol.